The van der Waals surface area contributed by atoms with E-state index in [1.54, 1.807) is 0 Å². The van der Waals surface area contributed by atoms with Gasteiger partial charge in [0.05, 0.1) is 0 Å². The van der Waals surface area contributed by atoms with Gasteiger partial charge >= 0.3 is 0 Å². The van der Waals surface area contributed by atoms with Crippen LogP contribution in [0, 0.1) is 17.8 Å². The van der Waals surface area contributed by atoms with Crippen molar-refractivity contribution in [1.82, 2.24) is 0 Å². The minimum absolute atomic E-state index is 0.657. The van der Waals surface area contributed by atoms with Crippen molar-refractivity contribution in [3.05, 3.63) is 24.3 Å². The lowest BCUT2D eigenvalue weighted by molar-refractivity contribution is 0.481. The first-order valence-corrected chi connectivity index (χ1v) is 5.50. The van der Waals surface area contributed by atoms with Crippen LogP contribution in [0.15, 0.2) is 24.3 Å². The maximum Gasteiger partial charge on any atom is -0.0214 e. The molecule has 0 amide bonds. The summed E-state index contributed by atoms with van der Waals surface area (Å²) >= 11 is 0. The average molecular weight is 196 g/mol. The van der Waals surface area contributed by atoms with E-state index in [2.05, 4.69) is 54.7 Å². The van der Waals surface area contributed by atoms with Gasteiger partial charge in [0.25, 0.3) is 0 Å². The van der Waals surface area contributed by atoms with Crippen molar-refractivity contribution in [3.8, 4) is 0 Å². The molecule has 0 N–H and O–H groups in total. The smallest absolute Gasteiger partial charge is 0.0214 e. The maximum atomic E-state index is 3.88. The Balaban J connectivity index is 0. The molecule has 0 aliphatic heterocycles. The third-order valence-corrected chi connectivity index (χ3v) is 2.76. The fourth-order valence-electron chi connectivity index (χ4n) is 0.569. The van der Waals surface area contributed by atoms with E-state index in [4.69, 9.17) is 0 Å². The molecule has 0 aromatic rings. The Bertz CT molecular complexity index is 172. The van der Waals surface area contributed by atoms with Crippen molar-refractivity contribution in [2.45, 2.75) is 48.5 Å². The van der Waals surface area contributed by atoms with E-state index in [0.29, 0.717) is 11.8 Å². The third kappa shape index (κ3) is 9.57. The predicted octanol–water partition coefficient (Wildman–Crippen LogP) is 5.07. The van der Waals surface area contributed by atoms with E-state index in [1.165, 1.54) is 11.1 Å². The number of hydrogen-bond acceptors (Lipinski definition) is 0. The normalized spacial score (nSPS) is 12.1. The Morgan fingerprint density at radius 2 is 1.07 bits per heavy atom. The topological polar surface area (TPSA) is 0 Å². The molecular weight excluding hydrogens is 168 g/mol. The molecule has 0 aromatic heterocycles. The van der Waals surface area contributed by atoms with Gasteiger partial charge in [0, 0.05) is 0 Å². The van der Waals surface area contributed by atoms with Gasteiger partial charge < -0.3 is 0 Å². The molecule has 1 atom stereocenters. The summed E-state index contributed by atoms with van der Waals surface area (Å²) in [4.78, 5) is 0. The van der Waals surface area contributed by atoms with Crippen LogP contribution in [0.5, 0.6) is 0 Å². The Labute approximate surface area is 91.1 Å². The van der Waals surface area contributed by atoms with Crippen molar-refractivity contribution in [1.29, 1.82) is 0 Å². The van der Waals surface area contributed by atoms with Crippen LogP contribution >= 0.6 is 0 Å². The second-order valence-corrected chi connectivity index (χ2v) is 4.88. The molecule has 0 radical (unpaired) electrons. The highest BCUT2D eigenvalue weighted by Crippen LogP contribution is 2.16. The summed E-state index contributed by atoms with van der Waals surface area (Å²) in [6.07, 6.45) is 0. The van der Waals surface area contributed by atoms with Crippen LogP contribution in [0.25, 0.3) is 0 Å². The van der Waals surface area contributed by atoms with Gasteiger partial charge in [0.1, 0.15) is 0 Å². The van der Waals surface area contributed by atoms with Crippen molar-refractivity contribution >= 4 is 0 Å². The molecule has 0 fully saturated rings. The molecule has 0 rings (SSSR count). The quantitative estimate of drug-likeness (QED) is 0.553. The predicted molar refractivity (Wildman–Crippen MR) is 68.5 cm³/mol. The molecule has 0 spiro atoms. The van der Waals surface area contributed by atoms with Crippen LogP contribution in [0.3, 0.4) is 0 Å². The third-order valence-electron chi connectivity index (χ3n) is 2.76. The molecule has 0 aliphatic carbocycles. The van der Waals surface area contributed by atoms with Crippen LogP contribution in [-0.2, 0) is 0 Å². The van der Waals surface area contributed by atoms with Gasteiger partial charge in [-0.05, 0) is 31.6 Å². The fourth-order valence-corrected chi connectivity index (χ4v) is 0.569. The molecule has 0 saturated heterocycles. The summed E-state index contributed by atoms with van der Waals surface area (Å²) in [5.74, 6) is 2.08. The molecule has 14 heavy (non-hydrogen) atoms. The van der Waals surface area contributed by atoms with Gasteiger partial charge in [-0.25, -0.2) is 0 Å². The minimum Gasteiger partial charge on any atom is -0.0999 e. The van der Waals surface area contributed by atoms with E-state index in [9.17, 15) is 0 Å². The molecule has 0 aliphatic rings. The molecule has 0 saturated carbocycles. The minimum atomic E-state index is 0.657. The maximum absolute atomic E-state index is 3.88. The Morgan fingerprint density at radius 3 is 1.07 bits per heavy atom. The SMILES string of the molecule is C=C(C)C(C)C.C=C(C)[C@@H](C)C(C)C. The van der Waals surface area contributed by atoms with Crippen LogP contribution < -0.4 is 0 Å². The lowest BCUT2D eigenvalue weighted by atomic mass is 9.92. The Morgan fingerprint density at radius 1 is 0.786 bits per heavy atom. The lowest BCUT2D eigenvalue weighted by Gasteiger charge is -2.13. The largest absolute Gasteiger partial charge is 0.0999 e. The molecule has 0 heteroatoms. The highest BCUT2D eigenvalue weighted by molar-refractivity contribution is 4.94. The van der Waals surface area contributed by atoms with E-state index in [1.807, 2.05) is 6.92 Å². The molecule has 0 aromatic carbocycles. The summed E-state index contributed by atoms with van der Waals surface area (Å²) in [5.41, 5.74) is 2.55. The Hall–Kier alpha value is -0.520. The molecule has 0 heterocycles. The number of allylic oxidation sites excluding steroid dienone is 2. The molecular formula is C14H28. The first-order chi connectivity index (χ1) is 6.20. The van der Waals surface area contributed by atoms with Crippen molar-refractivity contribution in [2.24, 2.45) is 17.8 Å². The lowest BCUT2D eigenvalue weighted by Crippen LogP contribution is -2.03. The Kier molecular flexibility index (Phi) is 8.93. The summed E-state index contributed by atoms with van der Waals surface area (Å²) in [6.45, 7) is 22.7. The molecule has 84 valence electrons. The van der Waals surface area contributed by atoms with E-state index in [-0.39, 0.29) is 0 Å². The fraction of sp³-hybridized carbons (Fsp3) is 0.714. The highest BCUT2D eigenvalue weighted by Gasteiger charge is 2.05. The zero-order chi connectivity index (χ0) is 11.9. The van der Waals surface area contributed by atoms with Crippen LogP contribution in [-0.4, -0.2) is 0 Å². The van der Waals surface area contributed by atoms with Crippen molar-refractivity contribution < 1.29 is 0 Å². The van der Waals surface area contributed by atoms with E-state index < -0.39 is 0 Å². The first kappa shape index (κ1) is 15.9. The molecule has 0 nitrogen and oxygen atoms in total. The zero-order valence-corrected chi connectivity index (χ0v) is 11.1. The van der Waals surface area contributed by atoms with Gasteiger partial charge in [-0.15, -0.1) is 0 Å². The summed E-state index contributed by atoms with van der Waals surface area (Å²) in [7, 11) is 0. The van der Waals surface area contributed by atoms with Gasteiger partial charge in [-0.3, -0.25) is 0 Å². The highest BCUT2D eigenvalue weighted by atomic mass is 14.1. The summed E-state index contributed by atoms with van der Waals surface area (Å²) in [5, 5.41) is 0. The van der Waals surface area contributed by atoms with E-state index in [0.717, 1.165) is 5.92 Å². The molecule has 0 unspecified atom stereocenters. The van der Waals surface area contributed by atoms with Gasteiger partial charge in [0.15, 0.2) is 0 Å². The summed E-state index contributed by atoms with van der Waals surface area (Å²) in [6, 6.07) is 0. The van der Waals surface area contributed by atoms with Gasteiger partial charge in [0.2, 0.25) is 0 Å². The van der Waals surface area contributed by atoms with Crippen LogP contribution in [0.4, 0.5) is 0 Å². The number of hydrogen-bond donors (Lipinski definition) is 0. The van der Waals surface area contributed by atoms with Crippen molar-refractivity contribution in [2.75, 3.05) is 0 Å². The average Bonchev–Trinajstić information content (AvgIpc) is 2.03. The standard InChI is InChI=1S/C8H16.C6H12/c1-6(2)8(5)7(3)4;1-5(2)6(3)4/h7-8H,1H2,2-5H3;6H,1H2,2-4H3/t8-;/m1./s1. The van der Waals surface area contributed by atoms with Crippen LogP contribution in [0.1, 0.15) is 48.5 Å². The van der Waals surface area contributed by atoms with Crippen LogP contribution in [0.2, 0.25) is 0 Å². The van der Waals surface area contributed by atoms with Crippen molar-refractivity contribution in [3.63, 3.8) is 0 Å². The van der Waals surface area contributed by atoms with E-state index >= 15 is 0 Å². The second kappa shape index (κ2) is 7.84. The zero-order valence-electron chi connectivity index (χ0n) is 11.1. The summed E-state index contributed by atoms with van der Waals surface area (Å²) < 4.78 is 0. The first-order valence-electron chi connectivity index (χ1n) is 5.50. The second-order valence-electron chi connectivity index (χ2n) is 4.88. The van der Waals surface area contributed by atoms with Gasteiger partial charge in [-0.2, -0.15) is 0 Å². The van der Waals surface area contributed by atoms with Gasteiger partial charge in [-0.1, -0.05) is 58.9 Å². The molecule has 0 bridgehead atoms. The number of rotatable bonds is 3. The monoisotopic (exact) mass is 196 g/mol.